The Hall–Kier alpha value is 0.960. The van der Waals surface area contributed by atoms with Crippen LogP contribution in [0.4, 0.5) is 0 Å². The first-order valence-corrected chi connectivity index (χ1v) is 8.26. The zero-order valence-electron chi connectivity index (χ0n) is 9.08. The second-order valence-corrected chi connectivity index (χ2v) is 7.21. The van der Waals surface area contributed by atoms with E-state index in [0.29, 0.717) is 19.0 Å². The third-order valence-corrected chi connectivity index (χ3v) is 5.29. The van der Waals surface area contributed by atoms with Gasteiger partial charge in [0.2, 0.25) is 0 Å². The fourth-order valence-corrected chi connectivity index (χ4v) is 3.05. The molecule has 0 aliphatic heterocycles. The summed E-state index contributed by atoms with van der Waals surface area (Å²) in [4.78, 5) is 0. The second-order valence-electron chi connectivity index (χ2n) is 4.15. The molecule has 3 nitrogen and oxygen atoms in total. The summed E-state index contributed by atoms with van der Waals surface area (Å²) in [6.45, 7) is 0.868. The molecule has 3 atom stereocenters. The Bertz CT molecular complexity index is 192. The van der Waals surface area contributed by atoms with E-state index in [2.05, 4.69) is 22.6 Å². The summed E-state index contributed by atoms with van der Waals surface area (Å²) >= 11 is 1.51. The van der Waals surface area contributed by atoms with E-state index in [1.165, 1.54) is 6.42 Å². The van der Waals surface area contributed by atoms with Crippen LogP contribution >= 0.6 is 22.6 Å². The molecule has 1 fully saturated rings. The van der Waals surface area contributed by atoms with Gasteiger partial charge < -0.3 is 14.4 Å². The van der Waals surface area contributed by atoms with Crippen LogP contribution in [0.2, 0.25) is 0 Å². The summed E-state index contributed by atoms with van der Waals surface area (Å²) in [6.07, 6.45) is 5.85. The molecule has 90 valence electrons. The average Bonchev–Trinajstić information content (AvgIpc) is 2.18. The molecule has 5 heteroatoms. The van der Waals surface area contributed by atoms with Crippen molar-refractivity contribution in [2.75, 3.05) is 25.2 Å². The number of halogens is 1. The van der Waals surface area contributed by atoms with Crippen molar-refractivity contribution < 1.29 is 14.4 Å². The van der Waals surface area contributed by atoms with Crippen molar-refractivity contribution >= 4 is 33.8 Å². The highest BCUT2D eigenvalue weighted by Crippen LogP contribution is 2.34. The highest BCUT2D eigenvalue weighted by atomic mass is 127. The van der Waals surface area contributed by atoms with Crippen LogP contribution in [0.15, 0.2) is 0 Å². The molecule has 15 heavy (non-hydrogen) atoms. The summed E-state index contributed by atoms with van der Waals surface area (Å²) in [7, 11) is 0. The highest BCUT2D eigenvalue weighted by Gasteiger charge is 2.37. The van der Waals surface area contributed by atoms with E-state index in [0.717, 1.165) is 19.3 Å². The first-order valence-electron chi connectivity index (χ1n) is 5.29. The molecular weight excluding hydrogens is 327 g/mol. The molecular formula is C10H19IO3S. The Balaban J connectivity index is 2.23. The summed E-state index contributed by atoms with van der Waals surface area (Å²) in [5, 5.41) is 10.3. The van der Waals surface area contributed by atoms with Crippen molar-refractivity contribution in [1.29, 1.82) is 0 Å². The zero-order chi connectivity index (χ0) is 11.3. The predicted molar refractivity (Wildman–Crippen MR) is 71.0 cm³/mol. The highest BCUT2D eigenvalue weighted by molar-refractivity contribution is 14.1. The minimum absolute atomic E-state index is 0.288. The lowest BCUT2D eigenvalue weighted by molar-refractivity contribution is -0.0572. The quantitative estimate of drug-likeness (QED) is 0.355. The second kappa shape index (κ2) is 6.64. The number of hydrogen-bond donors (Lipinski definition) is 1. The molecule has 1 saturated carbocycles. The van der Waals surface area contributed by atoms with Gasteiger partial charge in [0.25, 0.3) is 0 Å². The van der Waals surface area contributed by atoms with Gasteiger partial charge in [-0.25, -0.2) is 0 Å². The molecule has 1 rings (SSSR count). The van der Waals surface area contributed by atoms with Gasteiger partial charge in [-0.3, -0.25) is 0 Å². The van der Waals surface area contributed by atoms with Crippen molar-refractivity contribution in [2.24, 2.45) is 0 Å². The lowest BCUT2D eigenvalue weighted by Crippen LogP contribution is -2.45. The summed E-state index contributed by atoms with van der Waals surface area (Å²) in [6, 6.07) is 0. The van der Waals surface area contributed by atoms with Crippen LogP contribution in [0.25, 0.3) is 0 Å². The van der Waals surface area contributed by atoms with Crippen LogP contribution in [0.3, 0.4) is 0 Å². The molecule has 0 bridgehead atoms. The molecule has 3 unspecified atom stereocenters. The van der Waals surface area contributed by atoms with Crippen molar-refractivity contribution in [2.45, 2.75) is 35.2 Å². The smallest absolute Gasteiger partial charge is 0.128 e. The molecule has 0 spiro atoms. The van der Waals surface area contributed by atoms with E-state index in [1.807, 2.05) is 0 Å². The maximum absolute atomic E-state index is 10.8. The predicted octanol–water partition coefficient (Wildman–Crippen LogP) is 1.49. The van der Waals surface area contributed by atoms with Gasteiger partial charge in [0.15, 0.2) is 0 Å². The van der Waals surface area contributed by atoms with Crippen LogP contribution in [0.5, 0.6) is 0 Å². The lowest BCUT2D eigenvalue weighted by Gasteiger charge is -2.36. The molecule has 1 aliphatic carbocycles. The van der Waals surface area contributed by atoms with Crippen molar-refractivity contribution in [3.63, 3.8) is 0 Å². The van der Waals surface area contributed by atoms with Gasteiger partial charge in [0, 0.05) is 3.92 Å². The third-order valence-electron chi connectivity index (χ3n) is 2.77. The van der Waals surface area contributed by atoms with Gasteiger partial charge in [-0.15, -0.1) is 0 Å². The minimum atomic E-state index is -0.803. The Morgan fingerprint density at radius 2 is 2.33 bits per heavy atom. The van der Waals surface area contributed by atoms with Crippen LogP contribution in [-0.4, -0.2) is 44.4 Å². The Labute approximate surface area is 108 Å². The standard InChI is InChI=1S/C10H19IO3S/c1-15(13)7-6-14-8-10(12)5-3-2-4-9(10)11/h9,12H,2-8H2,1H3. The number of alkyl halides is 1. The molecule has 0 aromatic heterocycles. The Kier molecular flexibility index (Phi) is 6.20. The van der Waals surface area contributed by atoms with E-state index >= 15 is 0 Å². The summed E-state index contributed by atoms with van der Waals surface area (Å²) in [5.41, 5.74) is -0.659. The van der Waals surface area contributed by atoms with Crippen LogP contribution in [-0.2, 0) is 15.9 Å². The van der Waals surface area contributed by atoms with Crippen LogP contribution < -0.4 is 0 Å². The monoisotopic (exact) mass is 346 g/mol. The molecule has 0 heterocycles. The Morgan fingerprint density at radius 1 is 1.60 bits per heavy atom. The molecule has 0 saturated heterocycles. The lowest BCUT2D eigenvalue weighted by atomic mass is 9.85. The first-order chi connectivity index (χ1) is 7.04. The fourth-order valence-electron chi connectivity index (χ4n) is 1.77. The summed E-state index contributed by atoms with van der Waals surface area (Å²) < 4.78 is 16.5. The number of ether oxygens (including phenoxy) is 1. The number of hydrogen-bond acceptors (Lipinski definition) is 3. The Morgan fingerprint density at radius 3 is 2.93 bits per heavy atom. The van der Waals surface area contributed by atoms with Gasteiger partial charge in [0.05, 0.1) is 25.1 Å². The fraction of sp³-hybridized carbons (Fsp3) is 1.00. The van der Waals surface area contributed by atoms with E-state index in [4.69, 9.17) is 4.74 Å². The van der Waals surface area contributed by atoms with Gasteiger partial charge in [0.1, 0.15) is 5.75 Å². The molecule has 0 radical (unpaired) electrons. The average molecular weight is 346 g/mol. The van der Waals surface area contributed by atoms with E-state index in [-0.39, 0.29) is 3.92 Å². The molecule has 1 N–H and O–H groups in total. The van der Waals surface area contributed by atoms with E-state index in [1.54, 1.807) is 6.26 Å². The van der Waals surface area contributed by atoms with Crippen LogP contribution in [0.1, 0.15) is 25.7 Å². The zero-order valence-corrected chi connectivity index (χ0v) is 12.1. The largest absolute Gasteiger partial charge is 0.616 e. The van der Waals surface area contributed by atoms with Gasteiger partial charge in [-0.2, -0.15) is 0 Å². The third kappa shape index (κ3) is 4.77. The van der Waals surface area contributed by atoms with Crippen molar-refractivity contribution in [3.8, 4) is 0 Å². The number of rotatable bonds is 5. The van der Waals surface area contributed by atoms with Gasteiger partial charge >= 0.3 is 0 Å². The van der Waals surface area contributed by atoms with Crippen molar-refractivity contribution in [1.82, 2.24) is 0 Å². The van der Waals surface area contributed by atoms with Gasteiger partial charge in [-0.05, 0) is 12.8 Å². The van der Waals surface area contributed by atoms with E-state index in [9.17, 15) is 9.66 Å². The summed E-state index contributed by atoms with van der Waals surface area (Å²) in [5.74, 6) is 0.558. The van der Waals surface area contributed by atoms with Crippen molar-refractivity contribution in [3.05, 3.63) is 0 Å². The van der Waals surface area contributed by atoms with Crippen LogP contribution in [0, 0.1) is 0 Å². The maximum atomic E-state index is 10.8. The SMILES string of the molecule is C[S+]([O-])CCOCC1(O)CCCCC1I. The number of aliphatic hydroxyl groups is 1. The molecule has 1 aliphatic rings. The van der Waals surface area contributed by atoms with Gasteiger partial charge in [-0.1, -0.05) is 46.6 Å². The molecule has 0 amide bonds. The molecule has 0 aromatic rings. The topological polar surface area (TPSA) is 52.5 Å². The minimum Gasteiger partial charge on any atom is -0.616 e. The van der Waals surface area contributed by atoms with E-state index < -0.39 is 16.8 Å². The molecule has 0 aromatic carbocycles. The normalized spacial score (nSPS) is 34.0. The maximum Gasteiger partial charge on any atom is 0.128 e. The first kappa shape index (κ1) is 14.0.